The highest BCUT2D eigenvalue weighted by molar-refractivity contribution is 7.99. The van der Waals surface area contributed by atoms with Crippen LogP contribution in [0, 0.1) is 5.82 Å². The van der Waals surface area contributed by atoms with Crippen molar-refractivity contribution < 1.29 is 14.3 Å². The van der Waals surface area contributed by atoms with E-state index in [1.165, 1.54) is 22.8 Å². The molecule has 1 N–H and O–H groups in total. The summed E-state index contributed by atoms with van der Waals surface area (Å²) >= 11 is 1.18. The highest BCUT2D eigenvalue weighted by Gasteiger charge is 2.14. The zero-order valence-electron chi connectivity index (χ0n) is 9.50. The zero-order chi connectivity index (χ0) is 13.1. The summed E-state index contributed by atoms with van der Waals surface area (Å²) < 4.78 is 14.5. The van der Waals surface area contributed by atoms with E-state index in [1.54, 1.807) is 7.05 Å². The predicted octanol–water partition coefficient (Wildman–Crippen LogP) is 1.63. The van der Waals surface area contributed by atoms with Crippen LogP contribution < -0.4 is 0 Å². The van der Waals surface area contributed by atoms with Crippen molar-refractivity contribution in [2.24, 2.45) is 7.05 Å². The van der Waals surface area contributed by atoms with Crippen LogP contribution in [0.2, 0.25) is 0 Å². The number of nitrogens with zero attached hydrogens (tertiary/aromatic N) is 3. The number of ketones is 1. The highest BCUT2D eigenvalue weighted by Crippen LogP contribution is 2.22. The van der Waals surface area contributed by atoms with E-state index in [9.17, 15) is 14.3 Å². The summed E-state index contributed by atoms with van der Waals surface area (Å²) in [5.41, 5.74) is -0.0235. The molecule has 2 rings (SSSR count). The third-order valence-corrected chi connectivity index (χ3v) is 3.30. The molecule has 5 nitrogen and oxygen atoms in total. The summed E-state index contributed by atoms with van der Waals surface area (Å²) in [5.74, 6) is -1.08. The number of aromatic nitrogens is 3. The van der Waals surface area contributed by atoms with Crippen molar-refractivity contribution in [2.45, 2.75) is 5.16 Å². The minimum atomic E-state index is -0.556. The number of hydrogen-bond donors (Lipinski definition) is 1. The number of hydrogen-bond acceptors (Lipinski definition) is 5. The van der Waals surface area contributed by atoms with Crippen LogP contribution in [0.25, 0.3) is 0 Å². The van der Waals surface area contributed by atoms with E-state index in [4.69, 9.17) is 0 Å². The lowest BCUT2D eigenvalue weighted by Crippen LogP contribution is -2.05. The molecule has 0 atom stereocenters. The number of Topliss-reactive ketones (excluding diaryl/α,β-unsaturated/α-hetero) is 1. The third-order valence-electron chi connectivity index (χ3n) is 2.26. The Kier molecular flexibility index (Phi) is 3.61. The van der Waals surface area contributed by atoms with Gasteiger partial charge in [0.05, 0.1) is 11.3 Å². The molecule has 0 spiro atoms. The maximum absolute atomic E-state index is 13.0. The maximum atomic E-state index is 13.0. The highest BCUT2D eigenvalue weighted by atomic mass is 32.2. The number of phenolic OH excluding ortho intramolecular Hbond substituents is 1. The number of benzene rings is 1. The number of phenols is 1. The Morgan fingerprint density at radius 1 is 1.56 bits per heavy atom. The second-order valence-electron chi connectivity index (χ2n) is 3.54. The van der Waals surface area contributed by atoms with E-state index in [1.807, 2.05) is 0 Å². The Morgan fingerprint density at radius 3 is 3.00 bits per heavy atom. The minimum Gasteiger partial charge on any atom is -0.507 e. The number of carbonyl (C=O) groups is 1. The van der Waals surface area contributed by atoms with Gasteiger partial charge < -0.3 is 5.11 Å². The average Bonchev–Trinajstić information content (AvgIpc) is 2.75. The lowest BCUT2D eigenvalue weighted by atomic mass is 10.1. The Morgan fingerprint density at radius 2 is 2.33 bits per heavy atom. The quantitative estimate of drug-likeness (QED) is 0.673. The molecule has 0 aliphatic carbocycles. The van der Waals surface area contributed by atoms with Gasteiger partial charge in [0, 0.05) is 7.05 Å². The van der Waals surface area contributed by atoms with E-state index in [0.29, 0.717) is 5.16 Å². The molecule has 0 amide bonds. The zero-order valence-corrected chi connectivity index (χ0v) is 10.3. The smallest absolute Gasteiger partial charge is 0.186 e. The summed E-state index contributed by atoms with van der Waals surface area (Å²) in [7, 11) is 1.71. The number of rotatable bonds is 4. The monoisotopic (exact) mass is 267 g/mol. The first-order valence-electron chi connectivity index (χ1n) is 5.06. The molecule has 0 saturated heterocycles. The van der Waals surface area contributed by atoms with Gasteiger partial charge in [-0.1, -0.05) is 11.8 Å². The topological polar surface area (TPSA) is 68.0 Å². The van der Waals surface area contributed by atoms with Crippen LogP contribution in [0.4, 0.5) is 4.39 Å². The third kappa shape index (κ3) is 2.67. The Balaban J connectivity index is 2.08. The van der Waals surface area contributed by atoms with Gasteiger partial charge in [0.15, 0.2) is 10.9 Å². The van der Waals surface area contributed by atoms with Gasteiger partial charge in [-0.05, 0) is 18.2 Å². The summed E-state index contributed by atoms with van der Waals surface area (Å²) in [5, 5.41) is 13.9. The summed E-state index contributed by atoms with van der Waals surface area (Å²) in [6.45, 7) is 0. The van der Waals surface area contributed by atoms with E-state index in [0.717, 1.165) is 18.2 Å². The van der Waals surface area contributed by atoms with Crippen LogP contribution in [0.3, 0.4) is 0 Å². The number of thioether (sulfide) groups is 1. The number of aromatic hydroxyl groups is 1. The van der Waals surface area contributed by atoms with Gasteiger partial charge in [0.2, 0.25) is 0 Å². The van der Waals surface area contributed by atoms with Crippen molar-refractivity contribution in [3.63, 3.8) is 0 Å². The van der Waals surface area contributed by atoms with Gasteiger partial charge in [0.25, 0.3) is 0 Å². The Hall–Kier alpha value is -1.89. The molecular formula is C11H10FN3O2S. The first-order valence-corrected chi connectivity index (χ1v) is 6.05. The molecule has 0 aliphatic heterocycles. The fraction of sp³-hybridized carbons (Fsp3) is 0.182. The summed E-state index contributed by atoms with van der Waals surface area (Å²) in [6, 6.07) is 3.28. The predicted molar refractivity (Wildman–Crippen MR) is 64.1 cm³/mol. The van der Waals surface area contributed by atoms with Crippen molar-refractivity contribution in [1.82, 2.24) is 14.8 Å². The van der Waals surface area contributed by atoms with Gasteiger partial charge in [-0.15, -0.1) is 0 Å². The minimum absolute atomic E-state index is 0.0235. The Bertz CT molecular complexity index is 585. The van der Waals surface area contributed by atoms with Gasteiger partial charge in [0.1, 0.15) is 17.9 Å². The number of carbonyl (C=O) groups excluding carboxylic acids is 1. The fourth-order valence-electron chi connectivity index (χ4n) is 1.36. The summed E-state index contributed by atoms with van der Waals surface area (Å²) in [4.78, 5) is 15.8. The Labute approximate surface area is 107 Å². The molecule has 7 heteroatoms. The van der Waals surface area contributed by atoms with Crippen LogP contribution in [0.1, 0.15) is 10.4 Å². The molecule has 0 fully saturated rings. The number of aryl methyl sites for hydroxylation is 1. The summed E-state index contributed by atoms with van der Waals surface area (Å²) in [6.07, 6.45) is 1.38. The molecule has 94 valence electrons. The normalized spacial score (nSPS) is 10.6. The van der Waals surface area contributed by atoms with Crippen molar-refractivity contribution in [3.8, 4) is 5.75 Å². The maximum Gasteiger partial charge on any atom is 0.186 e. The van der Waals surface area contributed by atoms with Crippen LogP contribution in [0.5, 0.6) is 5.75 Å². The van der Waals surface area contributed by atoms with Crippen LogP contribution >= 0.6 is 11.8 Å². The second kappa shape index (κ2) is 5.18. The lowest BCUT2D eigenvalue weighted by Gasteiger charge is -2.03. The van der Waals surface area contributed by atoms with Crippen molar-refractivity contribution in [1.29, 1.82) is 0 Å². The molecule has 2 aromatic rings. The van der Waals surface area contributed by atoms with Gasteiger partial charge in [-0.25, -0.2) is 14.1 Å². The van der Waals surface area contributed by atoms with Crippen molar-refractivity contribution >= 4 is 17.5 Å². The largest absolute Gasteiger partial charge is 0.507 e. The van der Waals surface area contributed by atoms with Crippen LogP contribution in [-0.4, -0.2) is 31.4 Å². The van der Waals surface area contributed by atoms with Crippen molar-refractivity contribution in [3.05, 3.63) is 35.9 Å². The molecule has 1 heterocycles. The van der Waals surface area contributed by atoms with E-state index < -0.39 is 5.82 Å². The standard InChI is InChI=1S/C11H10FN3O2S/c1-15-11(13-6-14-15)18-5-10(17)8-4-7(12)2-3-9(8)16/h2-4,6,16H,5H2,1H3. The van der Waals surface area contributed by atoms with Gasteiger partial charge in [-0.2, -0.15) is 5.10 Å². The molecule has 1 aromatic heterocycles. The first-order chi connectivity index (χ1) is 8.58. The van der Waals surface area contributed by atoms with Crippen molar-refractivity contribution in [2.75, 3.05) is 5.75 Å². The molecule has 0 radical (unpaired) electrons. The molecule has 0 unspecified atom stereocenters. The molecule has 0 bridgehead atoms. The van der Waals surface area contributed by atoms with Gasteiger partial charge in [-0.3, -0.25) is 4.79 Å². The van der Waals surface area contributed by atoms with Crippen LogP contribution in [0.15, 0.2) is 29.7 Å². The molecular weight excluding hydrogens is 257 g/mol. The first kappa shape index (κ1) is 12.6. The van der Waals surface area contributed by atoms with E-state index in [-0.39, 0.29) is 22.8 Å². The SMILES string of the molecule is Cn1ncnc1SCC(=O)c1cc(F)ccc1O. The molecule has 0 aliphatic rings. The van der Waals surface area contributed by atoms with E-state index >= 15 is 0 Å². The molecule has 18 heavy (non-hydrogen) atoms. The number of halogens is 1. The van der Waals surface area contributed by atoms with E-state index in [2.05, 4.69) is 10.1 Å². The molecule has 1 aromatic carbocycles. The lowest BCUT2D eigenvalue weighted by molar-refractivity contribution is 0.101. The fourth-order valence-corrected chi connectivity index (χ4v) is 2.13. The average molecular weight is 267 g/mol. The van der Waals surface area contributed by atoms with Gasteiger partial charge >= 0.3 is 0 Å². The molecule has 0 saturated carbocycles. The van der Waals surface area contributed by atoms with Crippen LogP contribution in [-0.2, 0) is 7.05 Å². The second-order valence-corrected chi connectivity index (χ2v) is 4.48.